The molecule has 1 amide bonds. The first kappa shape index (κ1) is 9.26. The summed E-state index contributed by atoms with van der Waals surface area (Å²) in [7, 11) is 0. The molecule has 1 aromatic heterocycles. The highest BCUT2D eigenvalue weighted by atomic mass is 16.4. The van der Waals surface area contributed by atoms with Gasteiger partial charge in [0.25, 0.3) is 5.91 Å². The molecule has 0 atom stereocenters. The van der Waals surface area contributed by atoms with E-state index in [2.05, 4.69) is 10.3 Å². The second-order valence-electron chi connectivity index (χ2n) is 2.49. The van der Waals surface area contributed by atoms with Crippen LogP contribution in [0.5, 0.6) is 0 Å². The highest BCUT2D eigenvalue weighted by Gasteiger charge is 2.14. The monoisotopic (exact) mass is 179 g/mol. The van der Waals surface area contributed by atoms with Gasteiger partial charge in [-0.05, 0) is 6.92 Å². The molecule has 5 heteroatoms. The van der Waals surface area contributed by atoms with Crippen molar-refractivity contribution in [2.45, 2.75) is 13.8 Å². The van der Waals surface area contributed by atoms with Gasteiger partial charge in [0, 0.05) is 6.92 Å². The number of hydrogen-bond acceptors (Lipinski definition) is 4. The largest absolute Gasteiger partial charge is 0.436 e. The Kier molecular flexibility index (Phi) is 2.65. The average Bonchev–Trinajstić information content (AvgIpc) is 2.41. The lowest BCUT2D eigenvalue weighted by Gasteiger charge is -1.95. The molecule has 0 aliphatic carbocycles. The van der Waals surface area contributed by atoms with E-state index in [4.69, 9.17) is 9.68 Å². The van der Waals surface area contributed by atoms with Crippen molar-refractivity contribution in [2.24, 2.45) is 0 Å². The average molecular weight is 179 g/mol. The van der Waals surface area contributed by atoms with E-state index in [1.165, 1.54) is 0 Å². The predicted molar refractivity (Wildman–Crippen MR) is 43.9 cm³/mol. The van der Waals surface area contributed by atoms with Gasteiger partial charge in [0.1, 0.15) is 6.54 Å². The Labute approximate surface area is 75.4 Å². The van der Waals surface area contributed by atoms with Crippen LogP contribution in [-0.2, 0) is 0 Å². The van der Waals surface area contributed by atoms with E-state index in [-0.39, 0.29) is 12.3 Å². The van der Waals surface area contributed by atoms with Crippen molar-refractivity contribution in [1.82, 2.24) is 10.3 Å². The molecule has 0 aromatic carbocycles. The minimum Gasteiger partial charge on any atom is -0.436 e. The van der Waals surface area contributed by atoms with Gasteiger partial charge in [0.2, 0.25) is 5.76 Å². The fraction of sp³-hybridized carbons (Fsp3) is 0.375. The Hall–Kier alpha value is -1.83. The van der Waals surface area contributed by atoms with E-state index in [1.807, 2.05) is 0 Å². The fourth-order valence-electron chi connectivity index (χ4n) is 0.942. The molecule has 0 saturated carbocycles. The molecule has 0 bridgehead atoms. The van der Waals surface area contributed by atoms with Crippen LogP contribution >= 0.6 is 0 Å². The van der Waals surface area contributed by atoms with Gasteiger partial charge in [0.15, 0.2) is 5.89 Å². The summed E-state index contributed by atoms with van der Waals surface area (Å²) >= 11 is 0. The van der Waals surface area contributed by atoms with Gasteiger partial charge < -0.3 is 9.73 Å². The number of carbonyl (C=O) groups is 1. The molecule has 5 nitrogen and oxygen atoms in total. The third-order valence-corrected chi connectivity index (χ3v) is 1.44. The third-order valence-electron chi connectivity index (χ3n) is 1.44. The Balaban J connectivity index is 2.78. The maximum absolute atomic E-state index is 11.2. The number of nitriles is 1. The van der Waals surface area contributed by atoms with Crippen molar-refractivity contribution >= 4 is 5.91 Å². The van der Waals surface area contributed by atoms with Gasteiger partial charge in [-0.2, -0.15) is 5.26 Å². The molecule has 1 aromatic rings. The van der Waals surface area contributed by atoms with Crippen LogP contribution < -0.4 is 5.32 Å². The van der Waals surface area contributed by atoms with Crippen molar-refractivity contribution in [3.05, 3.63) is 17.3 Å². The van der Waals surface area contributed by atoms with Crippen molar-refractivity contribution in [3.63, 3.8) is 0 Å². The number of nitrogens with zero attached hydrogens (tertiary/aromatic N) is 2. The molecule has 0 fully saturated rings. The molecule has 0 spiro atoms. The summed E-state index contributed by atoms with van der Waals surface area (Å²) in [6, 6.07) is 1.80. The second-order valence-corrected chi connectivity index (χ2v) is 2.49. The van der Waals surface area contributed by atoms with Gasteiger partial charge in [-0.1, -0.05) is 0 Å². The summed E-state index contributed by atoms with van der Waals surface area (Å²) in [6.45, 7) is 3.31. The third kappa shape index (κ3) is 2.06. The summed E-state index contributed by atoms with van der Waals surface area (Å²) in [5, 5.41) is 10.6. The number of nitrogens with one attached hydrogen (secondary N) is 1. The van der Waals surface area contributed by atoms with E-state index in [0.29, 0.717) is 11.6 Å². The first-order chi connectivity index (χ1) is 6.15. The van der Waals surface area contributed by atoms with Crippen molar-refractivity contribution in [3.8, 4) is 6.07 Å². The summed E-state index contributed by atoms with van der Waals surface area (Å²) in [6.07, 6.45) is 0. The summed E-state index contributed by atoms with van der Waals surface area (Å²) in [5.74, 6) is 0.215. The van der Waals surface area contributed by atoms with Crippen LogP contribution in [0.25, 0.3) is 0 Å². The molecule has 13 heavy (non-hydrogen) atoms. The lowest BCUT2D eigenvalue weighted by atomic mass is 10.3. The van der Waals surface area contributed by atoms with Crippen molar-refractivity contribution in [2.75, 3.05) is 6.54 Å². The van der Waals surface area contributed by atoms with Gasteiger partial charge in [-0.3, -0.25) is 4.79 Å². The van der Waals surface area contributed by atoms with Crippen LogP contribution in [0.15, 0.2) is 4.42 Å². The molecule has 0 radical (unpaired) electrons. The fourth-order valence-corrected chi connectivity index (χ4v) is 0.942. The summed E-state index contributed by atoms with van der Waals surface area (Å²) < 4.78 is 5.04. The van der Waals surface area contributed by atoms with Crippen LogP contribution in [0, 0.1) is 25.2 Å². The van der Waals surface area contributed by atoms with Crippen LogP contribution in [0.4, 0.5) is 0 Å². The number of aryl methyl sites for hydroxylation is 2. The van der Waals surface area contributed by atoms with E-state index in [0.717, 1.165) is 0 Å². The lowest BCUT2D eigenvalue weighted by molar-refractivity contribution is 0.0929. The maximum Gasteiger partial charge on any atom is 0.289 e. The first-order valence-corrected chi connectivity index (χ1v) is 3.74. The normalized spacial score (nSPS) is 9.31. The topological polar surface area (TPSA) is 78.9 Å². The standard InChI is InChI=1S/C8H9N3O2/c1-5-7(13-6(2)11-5)8(12)10-4-3-9/h4H2,1-2H3,(H,10,12). The Bertz CT molecular complexity index is 362. The Morgan fingerprint density at radius 2 is 2.38 bits per heavy atom. The quantitative estimate of drug-likeness (QED) is 0.672. The maximum atomic E-state index is 11.2. The highest BCUT2D eigenvalue weighted by molar-refractivity contribution is 5.92. The SMILES string of the molecule is Cc1nc(C)c(C(=O)NCC#N)o1. The zero-order valence-electron chi connectivity index (χ0n) is 7.42. The van der Waals surface area contributed by atoms with Crippen LogP contribution in [0.1, 0.15) is 22.1 Å². The zero-order chi connectivity index (χ0) is 9.84. The Morgan fingerprint density at radius 1 is 1.69 bits per heavy atom. The Morgan fingerprint density at radius 3 is 2.85 bits per heavy atom. The van der Waals surface area contributed by atoms with Gasteiger partial charge in [0.05, 0.1) is 11.8 Å². The molecule has 68 valence electrons. The molecule has 1 N–H and O–H groups in total. The number of amides is 1. The summed E-state index contributed by atoms with van der Waals surface area (Å²) in [4.78, 5) is 15.2. The van der Waals surface area contributed by atoms with E-state index >= 15 is 0 Å². The summed E-state index contributed by atoms with van der Waals surface area (Å²) in [5.41, 5.74) is 0.535. The number of oxazole rings is 1. The molecule has 1 heterocycles. The molecular weight excluding hydrogens is 170 g/mol. The van der Waals surface area contributed by atoms with Gasteiger partial charge in [-0.25, -0.2) is 4.98 Å². The van der Waals surface area contributed by atoms with Gasteiger partial charge >= 0.3 is 0 Å². The molecule has 1 rings (SSSR count). The molecule has 0 aliphatic rings. The smallest absolute Gasteiger partial charge is 0.289 e. The van der Waals surface area contributed by atoms with E-state index in [9.17, 15) is 4.79 Å². The lowest BCUT2D eigenvalue weighted by Crippen LogP contribution is -2.23. The molecular formula is C8H9N3O2. The van der Waals surface area contributed by atoms with Gasteiger partial charge in [-0.15, -0.1) is 0 Å². The molecule has 0 aliphatic heterocycles. The zero-order valence-corrected chi connectivity index (χ0v) is 7.42. The molecule has 0 saturated heterocycles. The highest BCUT2D eigenvalue weighted by Crippen LogP contribution is 2.08. The first-order valence-electron chi connectivity index (χ1n) is 3.74. The van der Waals surface area contributed by atoms with E-state index in [1.54, 1.807) is 19.9 Å². The predicted octanol–water partition coefficient (Wildman–Crippen LogP) is 0.545. The minimum atomic E-state index is -0.403. The van der Waals surface area contributed by atoms with E-state index < -0.39 is 5.91 Å². The van der Waals surface area contributed by atoms with Crippen LogP contribution in [0.3, 0.4) is 0 Å². The molecule has 0 unspecified atom stereocenters. The van der Waals surface area contributed by atoms with Crippen molar-refractivity contribution in [1.29, 1.82) is 5.26 Å². The number of aromatic nitrogens is 1. The van der Waals surface area contributed by atoms with Crippen LogP contribution in [-0.4, -0.2) is 17.4 Å². The van der Waals surface area contributed by atoms with Crippen molar-refractivity contribution < 1.29 is 9.21 Å². The second kappa shape index (κ2) is 3.72. The number of carbonyl (C=O) groups excluding carboxylic acids is 1. The number of hydrogen-bond donors (Lipinski definition) is 1. The number of rotatable bonds is 2. The van der Waals surface area contributed by atoms with Crippen LogP contribution in [0.2, 0.25) is 0 Å². The minimum absolute atomic E-state index is 0.0297.